The van der Waals surface area contributed by atoms with E-state index in [0.29, 0.717) is 11.0 Å². The van der Waals surface area contributed by atoms with Gasteiger partial charge in [0.2, 0.25) is 0 Å². The van der Waals surface area contributed by atoms with Crippen LogP contribution in [-0.4, -0.2) is 19.5 Å². The number of fused-ring (bicyclic) bond motifs is 1. The summed E-state index contributed by atoms with van der Waals surface area (Å²) in [5.41, 5.74) is 0.861. The molecule has 0 aromatic carbocycles. The molecule has 0 bridgehead atoms. The van der Waals surface area contributed by atoms with Gasteiger partial charge in [-0.1, -0.05) is 11.6 Å². The summed E-state index contributed by atoms with van der Waals surface area (Å²) >= 11 is 7.79. The van der Waals surface area contributed by atoms with Crippen LogP contribution < -0.4 is 0 Å². The van der Waals surface area contributed by atoms with E-state index in [0.717, 1.165) is 15.9 Å². The molecule has 0 saturated carbocycles. The van der Waals surface area contributed by atoms with Gasteiger partial charge in [-0.3, -0.25) is 0 Å². The molecule has 3 heterocycles. The molecule has 6 heteroatoms. The second-order valence-corrected chi connectivity index (χ2v) is 5.40. The molecule has 0 fully saturated rings. The van der Waals surface area contributed by atoms with Crippen LogP contribution in [0, 0.1) is 6.92 Å². The number of aryl methyl sites for hydroxylation is 2. The van der Waals surface area contributed by atoms with E-state index in [2.05, 4.69) is 15.0 Å². The minimum atomic E-state index is 0.496. The Balaban J connectivity index is 2.28. The van der Waals surface area contributed by atoms with Gasteiger partial charge in [-0.05, 0) is 13.0 Å². The number of rotatable bonds is 1. The third kappa shape index (κ3) is 1.71. The lowest BCUT2D eigenvalue weighted by Gasteiger charge is -2.01. The van der Waals surface area contributed by atoms with Gasteiger partial charge in [-0.15, -0.1) is 11.3 Å². The first-order chi connectivity index (χ1) is 8.15. The minimum Gasteiger partial charge on any atom is -0.331 e. The molecule has 0 aliphatic rings. The van der Waals surface area contributed by atoms with Crippen molar-refractivity contribution in [1.29, 1.82) is 0 Å². The molecule has 3 rings (SSSR count). The largest absolute Gasteiger partial charge is 0.331 e. The topological polar surface area (TPSA) is 43.6 Å². The molecule has 0 spiro atoms. The third-order valence-corrected chi connectivity index (χ3v) is 3.75. The summed E-state index contributed by atoms with van der Waals surface area (Å²) in [6, 6.07) is 2.01. The van der Waals surface area contributed by atoms with Gasteiger partial charge in [0.1, 0.15) is 15.7 Å². The summed E-state index contributed by atoms with van der Waals surface area (Å²) in [4.78, 5) is 15.0. The quantitative estimate of drug-likeness (QED) is 0.635. The van der Waals surface area contributed by atoms with Crippen LogP contribution in [0.2, 0.25) is 5.15 Å². The van der Waals surface area contributed by atoms with Gasteiger partial charge < -0.3 is 4.57 Å². The van der Waals surface area contributed by atoms with Crippen molar-refractivity contribution in [1.82, 2.24) is 19.5 Å². The van der Waals surface area contributed by atoms with Crippen LogP contribution in [-0.2, 0) is 7.05 Å². The highest BCUT2D eigenvalue weighted by Gasteiger charge is 2.12. The van der Waals surface area contributed by atoms with Crippen molar-refractivity contribution in [3.63, 3.8) is 0 Å². The van der Waals surface area contributed by atoms with Crippen molar-refractivity contribution in [2.24, 2.45) is 7.05 Å². The smallest absolute Gasteiger partial charge is 0.180 e. The van der Waals surface area contributed by atoms with Crippen molar-refractivity contribution >= 4 is 33.2 Å². The molecule has 17 heavy (non-hydrogen) atoms. The van der Waals surface area contributed by atoms with E-state index in [9.17, 15) is 0 Å². The molecule has 0 aliphatic carbocycles. The van der Waals surface area contributed by atoms with Gasteiger partial charge in [0.25, 0.3) is 0 Å². The SMILES string of the molecule is Cc1cc2c(Cl)nc(-c3cncn3C)nc2s1. The Morgan fingerprint density at radius 1 is 1.35 bits per heavy atom. The molecular formula is C11H9ClN4S. The van der Waals surface area contributed by atoms with E-state index >= 15 is 0 Å². The summed E-state index contributed by atoms with van der Waals surface area (Å²) in [6.45, 7) is 2.03. The fourth-order valence-corrected chi connectivity index (χ4v) is 2.85. The van der Waals surface area contributed by atoms with Crippen molar-refractivity contribution in [2.45, 2.75) is 6.92 Å². The van der Waals surface area contributed by atoms with Crippen LogP contribution in [0.1, 0.15) is 4.88 Å². The van der Waals surface area contributed by atoms with Crippen molar-refractivity contribution in [2.75, 3.05) is 0 Å². The Kier molecular flexibility index (Phi) is 2.38. The first kappa shape index (κ1) is 10.7. The normalized spacial score (nSPS) is 11.2. The highest BCUT2D eigenvalue weighted by molar-refractivity contribution is 7.18. The predicted octanol–water partition coefficient (Wildman–Crippen LogP) is 3.05. The Hall–Kier alpha value is -1.46. The summed E-state index contributed by atoms with van der Waals surface area (Å²) in [6.07, 6.45) is 3.45. The zero-order chi connectivity index (χ0) is 12.0. The molecule has 3 aromatic rings. The molecule has 0 amide bonds. The number of hydrogen-bond donors (Lipinski definition) is 0. The lowest BCUT2D eigenvalue weighted by Crippen LogP contribution is -1.95. The highest BCUT2D eigenvalue weighted by Crippen LogP contribution is 2.30. The molecule has 0 aliphatic heterocycles. The molecule has 3 aromatic heterocycles. The maximum atomic E-state index is 6.17. The predicted molar refractivity (Wildman–Crippen MR) is 69.4 cm³/mol. The Labute approximate surface area is 107 Å². The summed E-state index contributed by atoms with van der Waals surface area (Å²) in [5, 5.41) is 1.41. The standard InChI is InChI=1S/C11H9ClN4S/c1-6-3-7-9(12)14-10(15-11(7)17-6)8-4-13-5-16(8)2/h3-5H,1-2H3. The van der Waals surface area contributed by atoms with Crippen LogP contribution in [0.4, 0.5) is 0 Å². The van der Waals surface area contributed by atoms with Crippen LogP contribution >= 0.6 is 22.9 Å². The highest BCUT2D eigenvalue weighted by atomic mass is 35.5. The van der Waals surface area contributed by atoms with Gasteiger partial charge in [-0.25, -0.2) is 15.0 Å². The van der Waals surface area contributed by atoms with E-state index < -0.39 is 0 Å². The van der Waals surface area contributed by atoms with E-state index in [-0.39, 0.29) is 0 Å². The van der Waals surface area contributed by atoms with E-state index in [1.165, 1.54) is 4.88 Å². The maximum absolute atomic E-state index is 6.17. The van der Waals surface area contributed by atoms with Crippen molar-refractivity contribution in [3.05, 3.63) is 28.6 Å². The number of imidazole rings is 1. The van der Waals surface area contributed by atoms with Crippen molar-refractivity contribution in [3.8, 4) is 11.5 Å². The van der Waals surface area contributed by atoms with Crippen LogP contribution in [0.5, 0.6) is 0 Å². The number of hydrogen-bond acceptors (Lipinski definition) is 4. The summed E-state index contributed by atoms with van der Waals surface area (Å²) in [7, 11) is 1.91. The minimum absolute atomic E-state index is 0.496. The second kappa shape index (κ2) is 3.78. The van der Waals surface area contributed by atoms with Crippen LogP contribution in [0.15, 0.2) is 18.6 Å². The van der Waals surface area contributed by atoms with Gasteiger partial charge in [0.05, 0.1) is 12.5 Å². The summed E-state index contributed by atoms with van der Waals surface area (Å²) < 4.78 is 1.87. The monoisotopic (exact) mass is 264 g/mol. The second-order valence-electron chi connectivity index (χ2n) is 3.80. The molecular weight excluding hydrogens is 256 g/mol. The maximum Gasteiger partial charge on any atom is 0.180 e. The summed E-state index contributed by atoms with van der Waals surface area (Å²) in [5.74, 6) is 0.615. The first-order valence-electron chi connectivity index (χ1n) is 5.05. The Bertz CT molecular complexity index is 701. The zero-order valence-corrected chi connectivity index (χ0v) is 10.9. The van der Waals surface area contributed by atoms with E-state index in [1.54, 1.807) is 23.9 Å². The van der Waals surface area contributed by atoms with E-state index in [4.69, 9.17) is 11.6 Å². The lowest BCUT2D eigenvalue weighted by molar-refractivity contribution is 0.910. The fraction of sp³-hybridized carbons (Fsp3) is 0.182. The Morgan fingerprint density at radius 2 is 2.18 bits per heavy atom. The molecule has 0 radical (unpaired) electrons. The molecule has 0 saturated heterocycles. The van der Waals surface area contributed by atoms with Gasteiger partial charge in [0, 0.05) is 17.3 Å². The zero-order valence-electron chi connectivity index (χ0n) is 9.31. The van der Waals surface area contributed by atoms with Gasteiger partial charge in [-0.2, -0.15) is 0 Å². The lowest BCUT2D eigenvalue weighted by atomic mass is 10.3. The fourth-order valence-electron chi connectivity index (χ4n) is 1.69. The average Bonchev–Trinajstić information content (AvgIpc) is 2.83. The molecule has 0 unspecified atom stereocenters. The average molecular weight is 265 g/mol. The molecule has 4 nitrogen and oxygen atoms in total. The number of nitrogens with zero attached hydrogens (tertiary/aromatic N) is 4. The van der Waals surface area contributed by atoms with Crippen LogP contribution in [0.25, 0.3) is 21.7 Å². The van der Waals surface area contributed by atoms with Gasteiger partial charge >= 0.3 is 0 Å². The number of thiophene rings is 1. The van der Waals surface area contributed by atoms with Crippen molar-refractivity contribution < 1.29 is 0 Å². The van der Waals surface area contributed by atoms with Crippen LogP contribution in [0.3, 0.4) is 0 Å². The molecule has 0 atom stereocenters. The molecule has 86 valence electrons. The third-order valence-electron chi connectivity index (χ3n) is 2.52. The van der Waals surface area contributed by atoms with E-state index in [1.807, 2.05) is 24.6 Å². The Morgan fingerprint density at radius 3 is 2.88 bits per heavy atom. The van der Waals surface area contributed by atoms with Gasteiger partial charge in [0.15, 0.2) is 5.82 Å². The first-order valence-corrected chi connectivity index (χ1v) is 6.25. The number of halogens is 1. The molecule has 0 N–H and O–H groups in total. The number of aromatic nitrogens is 4.